The van der Waals surface area contributed by atoms with Gasteiger partial charge < -0.3 is 11.1 Å². The fourth-order valence-electron chi connectivity index (χ4n) is 1.47. The molecule has 3 N–H and O–H groups in total. The molecule has 0 atom stereocenters. The third-order valence-corrected chi connectivity index (χ3v) is 3.00. The lowest BCUT2D eigenvalue weighted by Crippen LogP contribution is -1.94. The van der Waals surface area contributed by atoms with Crippen LogP contribution < -0.4 is 11.1 Å². The largest absolute Gasteiger partial charge is 0.399 e. The lowest BCUT2D eigenvalue weighted by atomic mass is 10.2. The average Bonchev–Trinajstić information content (AvgIpc) is 2.35. The summed E-state index contributed by atoms with van der Waals surface area (Å²) in [6.07, 6.45) is 0. The number of nitriles is 1. The zero-order valence-electron chi connectivity index (χ0n) is 9.24. The van der Waals surface area contributed by atoms with E-state index < -0.39 is 0 Å². The molecule has 90 valence electrons. The minimum absolute atomic E-state index is 0.494. The number of nitrogen functional groups attached to an aromatic ring is 1. The molecule has 18 heavy (non-hydrogen) atoms. The number of hydrogen-bond acceptors (Lipinski definition) is 3. The monoisotopic (exact) mass is 277 g/mol. The van der Waals surface area contributed by atoms with Crippen molar-refractivity contribution in [3.63, 3.8) is 0 Å². The highest BCUT2D eigenvalue weighted by Gasteiger charge is 2.05. The summed E-state index contributed by atoms with van der Waals surface area (Å²) in [7, 11) is 0. The van der Waals surface area contributed by atoms with Crippen LogP contribution in [-0.2, 0) is 0 Å². The molecule has 0 saturated carbocycles. The molecule has 0 spiro atoms. The minimum atomic E-state index is 0.494. The summed E-state index contributed by atoms with van der Waals surface area (Å²) in [5.74, 6) is 0. The molecule has 2 rings (SSSR count). The summed E-state index contributed by atoms with van der Waals surface area (Å²) in [6, 6.07) is 12.2. The summed E-state index contributed by atoms with van der Waals surface area (Å²) in [5, 5.41) is 12.9. The molecule has 0 aliphatic carbocycles. The predicted octanol–water partition coefficient (Wildman–Crippen LogP) is 4.19. The van der Waals surface area contributed by atoms with Gasteiger partial charge in [-0.15, -0.1) is 0 Å². The van der Waals surface area contributed by atoms with Crippen LogP contribution in [0.4, 0.5) is 17.1 Å². The zero-order chi connectivity index (χ0) is 13.1. The zero-order valence-corrected chi connectivity index (χ0v) is 10.8. The van der Waals surface area contributed by atoms with Gasteiger partial charge in [0.05, 0.1) is 33.1 Å². The van der Waals surface area contributed by atoms with Gasteiger partial charge >= 0.3 is 0 Å². The van der Waals surface area contributed by atoms with Gasteiger partial charge in [0.25, 0.3) is 0 Å². The van der Waals surface area contributed by atoms with Crippen molar-refractivity contribution in [1.82, 2.24) is 0 Å². The molecule has 0 aliphatic rings. The molecule has 5 heteroatoms. The molecule has 2 aromatic carbocycles. The Hall–Kier alpha value is -1.89. The Balaban J connectivity index is 2.37. The van der Waals surface area contributed by atoms with Crippen LogP contribution in [0.1, 0.15) is 5.56 Å². The quantitative estimate of drug-likeness (QED) is 0.809. The van der Waals surface area contributed by atoms with Gasteiger partial charge in [-0.3, -0.25) is 0 Å². The van der Waals surface area contributed by atoms with Crippen LogP contribution in [-0.4, -0.2) is 0 Å². The van der Waals surface area contributed by atoms with Crippen LogP contribution >= 0.6 is 23.2 Å². The van der Waals surface area contributed by atoms with Crippen molar-refractivity contribution in [2.45, 2.75) is 0 Å². The van der Waals surface area contributed by atoms with Crippen molar-refractivity contribution in [2.24, 2.45) is 0 Å². The number of hydrogen-bond donors (Lipinski definition) is 2. The highest BCUT2D eigenvalue weighted by molar-refractivity contribution is 6.35. The minimum Gasteiger partial charge on any atom is -0.399 e. The smallest absolute Gasteiger partial charge is 0.0992 e. The first-order valence-electron chi connectivity index (χ1n) is 5.12. The van der Waals surface area contributed by atoms with E-state index in [4.69, 9.17) is 34.2 Å². The van der Waals surface area contributed by atoms with Crippen molar-refractivity contribution in [3.05, 3.63) is 52.0 Å². The average molecular weight is 278 g/mol. The van der Waals surface area contributed by atoms with E-state index in [0.29, 0.717) is 32.7 Å². The van der Waals surface area contributed by atoms with Crippen molar-refractivity contribution >= 4 is 40.3 Å². The van der Waals surface area contributed by atoms with Gasteiger partial charge in [-0.05, 0) is 36.4 Å². The van der Waals surface area contributed by atoms with Gasteiger partial charge in [-0.25, -0.2) is 0 Å². The number of benzene rings is 2. The molecule has 0 amide bonds. The van der Waals surface area contributed by atoms with E-state index in [1.165, 1.54) is 0 Å². The summed E-state index contributed by atoms with van der Waals surface area (Å²) < 4.78 is 0. The topological polar surface area (TPSA) is 61.8 Å². The second-order valence-corrected chi connectivity index (χ2v) is 4.49. The summed E-state index contributed by atoms with van der Waals surface area (Å²) >= 11 is 12.1. The molecule has 0 saturated heterocycles. The van der Waals surface area contributed by atoms with Crippen LogP contribution in [0.3, 0.4) is 0 Å². The maximum Gasteiger partial charge on any atom is 0.0992 e. The standard InChI is InChI=1S/C13H9Cl2N3/c14-10-3-1-8(7-16)5-13(10)18-12-4-2-9(17)6-11(12)15/h1-6,18H,17H2. The third kappa shape index (κ3) is 2.67. The van der Waals surface area contributed by atoms with Gasteiger partial charge in [0, 0.05) is 5.69 Å². The summed E-state index contributed by atoms with van der Waals surface area (Å²) in [5.41, 5.74) is 8.03. The Labute approximate surface area is 115 Å². The first kappa shape index (κ1) is 12.6. The molecule has 0 aliphatic heterocycles. The SMILES string of the molecule is N#Cc1ccc(Cl)c(Nc2ccc(N)cc2Cl)c1. The summed E-state index contributed by atoms with van der Waals surface area (Å²) in [6.45, 7) is 0. The number of nitrogens with one attached hydrogen (secondary N) is 1. The molecule has 3 nitrogen and oxygen atoms in total. The maximum atomic E-state index is 8.85. The van der Waals surface area contributed by atoms with Crippen molar-refractivity contribution in [3.8, 4) is 6.07 Å². The molecule has 0 unspecified atom stereocenters. The van der Waals surface area contributed by atoms with Gasteiger partial charge in [-0.1, -0.05) is 23.2 Å². The first-order chi connectivity index (χ1) is 8.60. The van der Waals surface area contributed by atoms with E-state index in [1.807, 2.05) is 0 Å². The van der Waals surface area contributed by atoms with Crippen LogP contribution in [0.2, 0.25) is 10.0 Å². The van der Waals surface area contributed by atoms with E-state index in [0.717, 1.165) is 0 Å². The van der Waals surface area contributed by atoms with Gasteiger partial charge in [0.15, 0.2) is 0 Å². The molecule has 0 heterocycles. The van der Waals surface area contributed by atoms with E-state index in [2.05, 4.69) is 11.4 Å². The number of halogens is 2. The first-order valence-corrected chi connectivity index (χ1v) is 5.87. The number of nitrogens with two attached hydrogens (primary N) is 1. The molecule has 0 bridgehead atoms. The van der Waals surface area contributed by atoms with Gasteiger partial charge in [0.1, 0.15) is 0 Å². The normalized spacial score (nSPS) is 9.83. The third-order valence-electron chi connectivity index (χ3n) is 2.36. The van der Waals surface area contributed by atoms with E-state index in [-0.39, 0.29) is 0 Å². The number of rotatable bonds is 2. The molecule has 2 aromatic rings. The number of nitrogens with zero attached hydrogens (tertiary/aromatic N) is 1. The Morgan fingerprint density at radius 3 is 2.44 bits per heavy atom. The highest BCUT2D eigenvalue weighted by Crippen LogP contribution is 2.31. The fourth-order valence-corrected chi connectivity index (χ4v) is 1.87. The fraction of sp³-hybridized carbons (Fsp3) is 0. The highest BCUT2D eigenvalue weighted by atomic mass is 35.5. The lowest BCUT2D eigenvalue weighted by molar-refractivity contribution is 1.47. The Bertz CT molecular complexity index is 633. The second kappa shape index (κ2) is 5.18. The Kier molecular flexibility index (Phi) is 3.61. The van der Waals surface area contributed by atoms with Crippen LogP contribution in [0, 0.1) is 11.3 Å². The molecule has 0 aromatic heterocycles. The Morgan fingerprint density at radius 1 is 1.00 bits per heavy atom. The van der Waals surface area contributed by atoms with Crippen LogP contribution in [0.15, 0.2) is 36.4 Å². The van der Waals surface area contributed by atoms with Gasteiger partial charge in [0.2, 0.25) is 0 Å². The molecular formula is C13H9Cl2N3. The van der Waals surface area contributed by atoms with Crippen molar-refractivity contribution < 1.29 is 0 Å². The lowest BCUT2D eigenvalue weighted by Gasteiger charge is -2.10. The van der Waals surface area contributed by atoms with Crippen LogP contribution in [0.25, 0.3) is 0 Å². The van der Waals surface area contributed by atoms with Crippen LogP contribution in [0.5, 0.6) is 0 Å². The van der Waals surface area contributed by atoms with E-state index in [9.17, 15) is 0 Å². The Morgan fingerprint density at radius 2 is 1.78 bits per heavy atom. The van der Waals surface area contributed by atoms with E-state index in [1.54, 1.807) is 36.4 Å². The maximum absolute atomic E-state index is 8.85. The molecular weight excluding hydrogens is 269 g/mol. The number of anilines is 3. The second-order valence-electron chi connectivity index (χ2n) is 3.67. The molecule has 0 radical (unpaired) electrons. The molecule has 0 fully saturated rings. The predicted molar refractivity (Wildman–Crippen MR) is 75.3 cm³/mol. The van der Waals surface area contributed by atoms with Crippen molar-refractivity contribution in [1.29, 1.82) is 5.26 Å². The summed E-state index contributed by atoms with van der Waals surface area (Å²) in [4.78, 5) is 0. The van der Waals surface area contributed by atoms with Gasteiger partial charge in [-0.2, -0.15) is 5.26 Å². The van der Waals surface area contributed by atoms with E-state index >= 15 is 0 Å². The van der Waals surface area contributed by atoms with Crippen molar-refractivity contribution in [2.75, 3.05) is 11.1 Å².